The minimum Gasteiger partial charge on any atom is -0.394 e. The Labute approximate surface area is 178 Å². The first-order chi connectivity index (χ1) is 14.6. The van der Waals surface area contributed by atoms with E-state index in [-0.39, 0.29) is 49.6 Å². The van der Waals surface area contributed by atoms with Crippen molar-refractivity contribution in [2.75, 3.05) is 33.4 Å². The third-order valence-corrected chi connectivity index (χ3v) is 6.69. The van der Waals surface area contributed by atoms with Crippen molar-refractivity contribution in [2.45, 2.75) is 50.1 Å². The minimum absolute atomic E-state index is 0.0115. The van der Waals surface area contributed by atoms with Crippen molar-refractivity contribution in [3.8, 4) is 11.8 Å². The van der Waals surface area contributed by atoms with Gasteiger partial charge in [0.1, 0.15) is 6.61 Å². The molecule has 0 unspecified atom stereocenters. The molecule has 1 aromatic carbocycles. The van der Waals surface area contributed by atoms with Gasteiger partial charge in [-0.25, -0.2) is 0 Å². The van der Waals surface area contributed by atoms with E-state index in [4.69, 9.17) is 4.74 Å². The Morgan fingerprint density at radius 1 is 1.20 bits per heavy atom. The van der Waals surface area contributed by atoms with Crippen molar-refractivity contribution in [3.63, 3.8) is 0 Å². The molecule has 30 heavy (non-hydrogen) atoms. The van der Waals surface area contributed by atoms with Gasteiger partial charge in [-0.15, -0.1) is 0 Å². The summed E-state index contributed by atoms with van der Waals surface area (Å²) in [6, 6.07) is 7.82. The molecule has 0 spiro atoms. The fourth-order valence-electron chi connectivity index (χ4n) is 5.13. The van der Waals surface area contributed by atoms with Gasteiger partial charge in [0, 0.05) is 31.1 Å². The van der Waals surface area contributed by atoms with E-state index in [1.165, 1.54) is 39.2 Å². The number of ether oxygens (including phenoxy) is 1. The predicted molar refractivity (Wildman–Crippen MR) is 113 cm³/mol. The smallest absolute Gasteiger partial charge is 0.249 e. The van der Waals surface area contributed by atoms with Gasteiger partial charge in [0.15, 0.2) is 0 Å². The summed E-state index contributed by atoms with van der Waals surface area (Å²) >= 11 is 0. The molecular weight excluding hydrogens is 380 g/mol. The molecule has 2 heterocycles. The number of aliphatic hydroxyl groups excluding tert-OH is 1. The third kappa shape index (κ3) is 4.10. The highest BCUT2D eigenvalue weighted by Gasteiger charge is 2.54. The molecule has 2 aliphatic heterocycles. The fourth-order valence-corrected chi connectivity index (χ4v) is 5.13. The normalized spacial score (nSPS) is 26.5. The topological polar surface area (TPSA) is 70.1 Å². The van der Waals surface area contributed by atoms with E-state index >= 15 is 0 Å². The lowest BCUT2D eigenvalue weighted by Crippen LogP contribution is -2.73. The first kappa shape index (κ1) is 20.9. The van der Waals surface area contributed by atoms with Crippen LogP contribution in [0.4, 0.5) is 0 Å². The lowest BCUT2D eigenvalue weighted by Gasteiger charge is -2.58. The zero-order chi connectivity index (χ0) is 21.1. The molecule has 0 radical (unpaired) electrons. The van der Waals surface area contributed by atoms with Crippen molar-refractivity contribution in [1.29, 1.82) is 0 Å². The van der Waals surface area contributed by atoms with E-state index < -0.39 is 0 Å². The summed E-state index contributed by atoms with van der Waals surface area (Å²) in [5, 5.41) is 9.90. The van der Waals surface area contributed by atoms with Crippen LogP contribution >= 0.6 is 0 Å². The van der Waals surface area contributed by atoms with Crippen LogP contribution in [0.15, 0.2) is 24.3 Å². The molecule has 0 bridgehead atoms. The van der Waals surface area contributed by atoms with Crippen LogP contribution in [-0.4, -0.2) is 72.2 Å². The van der Waals surface area contributed by atoms with Gasteiger partial charge in [-0.05, 0) is 30.5 Å². The van der Waals surface area contributed by atoms with Gasteiger partial charge >= 0.3 is 0 Å². The molecule has 1 N–H and O–H groups in total. The average molecular weight is 411 g/mol. The van der Waals surface area contributed by atoms with E-state index in [2.05, 4.69) is 24.0 Å². The lowest BCUT2D eigenvalue weighted by atomic mass is 9.73. The van der Waals surface area contributed by atoms with Crippen molar-refractivity contribution >= 4 is 11.8 Å². The second kappa shape index (κ2) is 9.20. The highest BCUT2D eigenvalue weighted by atomic mass is 16.5. The molecular formula is C24H30N2O4. The fraction of sp³-hybridized carbons (Fsp3) is 0.583. The number of amides is 2. The number of aliphatic hydroxyl groups is 1. The Bertz CT molecular complexity index is 835. The van der Waals surface area contributed by atoms with Crippen molar-refractivity contribution in [1.82, 2.24) is 9.80 Å². The zero-order valence-corrected chi connectivity index (χ0v) is 17.5. The molecule has 3 atom stereocenters. The summed E-state index contributed by atoms with van der Waals surface area (Å²) in [6.07, 6.45) is 6.30. The maximum Gasteiger partial charge on any atom is 0.249 e. The largest absolute Gasteiger partial charge is 0.394 e. The highest BCUT2D eigenvalue weighted by molar-refractivity contribution is 5.88. The molecule has 160 valence electrons. The summed E-state index contributed by atoms with van der Waals surface area (Å²) in [5.41, 5.74) is 2.07. The second-order valence-electron chi connectivity index (χ2n) is 8.58. The number of carbonyl (C=O) groups is 2. The maximum absolute atomic E-state index is 12.6. The molecule has 4 rings (SSSR count). The van der Waals surface area contributed by atoms with E-state index in [9.17, 15) is 14.7 Å². The lowest BCUT2D eigenvalue weighted by molar-refractivity contribution is -0.168. The molecule has 1 aliphatic carbocycles. The number of methoxy groups -OCH3 is 1. The van der Waals surface area contributed by atoms with Gasteiger partial charge < -0.3 is 19.6 Å². The average Bonchev–Trinajstić information content (AvgIpc) is 2.75. The molecule has 1 saturated carbocycles. The van der Waals surface area contributed by atoms with Crippen LogP contribution in [0, 0.1) is 17.8 Å². The maximum atomic E-state index is 12.6. The first-order valence-electron chi connectivity index (χ1n) is 10.9. The Hall–Kier alpha value is -2.36. The quantitative estimate of drug-likeness (QED) is 0.768. The summed E-state index contributed by atoms with van der Waals surface area (Å²) in [6.45, 7) is 0.417. The summed E-state index contributed by atoms with van der Waals surface area (Å²) in [4.78, 5) is 28.1. The standard InChI is InChI=1S/C24H30N2O4/c1-30-16-23(29)25-13-20-24(21(15-27)26(20)22(28)14-25)19-11-9-18(10-12-19)8-7-17-5-3-2-4-6-17/h9-12,17,20-21,24,27H,2-6,13-16H2,1H3/t20-,21+,24+/m0/s1. The Morgan fingerprint density at radius 3 is 2.60 bits per heavy atom. The van der Waals surface area contributed by atoms with Crippen molar-refractivity contribution in [3.05, 3.63) is 35.4 Å². The number of nitrogens with zero attached hydrogens (tertiary/aromatic N) is 2. The van der Waals surface area contributed by atoms with Gasteiger partial charge in [-0.2, -0.15) is 0 Å². The molecule has 6 heteroatoms. The molecule has 1 aromatic rings. The van der Waals surface area contributed by atoms with Crippen LogP contribution in [0.3, 0.4) is 0 Å². The molecule has 2 amide bonds. The van der Waals surface area contributed by atoms with Crippen LogP contribution in [0.1, 0.15) is 49.1 Å². The number of carbonyl (C=O) groups excluding carboxylic acids is 2. The van der Waals surface area contributed by atoms with Crippen LogP contribution in [0.25, 0.3) is 0 Å². The van der Waals surface area contributed by atoms with Crippen LogP contribution in [0.2, 0.25) is 0 Å². The van der Waals surface area contributed by atoms with Gasteiger partial charge in [0.25, 0.3) is 0 Å². The van der Waals surface area contributed by atoms with Crippen LogP contribution in [-0.2, 0) is 14.3 Å². The van der Waals surface area contributed by atoms with Crippen LogP contribution in [0.5, 0.6) is 0 Å². The number of hydrogen-bond donors (Lipinski definition) is 1. The van der Waals surface area contributed by atoms with E-state index in [1.54, 1.807) is 9.80 Å². The van der Waals surface area contributed by atoms with Crippen LogP contribution < -0.4 is 0 Å². The Balaban J connectivity index is 1.47. The SMILES string of the molecule is COCC(=O)N1CC(=O)N2[C@H](CO)[C@H](c3ccc(C#CC4CCCCC4)cc3)[C@@H]2C1. The molecule has 6 nitrogen and oxygen atoms in total. The molecule has 0 aromatic heterocycles. The summed E-state index contributed by atoms with van der Waals surface area (Å²) in [5.74, 6) is 6.97. The summed E-state index contributed by atoms with van der Waals surface area (Å²) in [7, 11) is 1.47. The first-order valence-corrected chi connectivity index (χ1v) is 10.9. The monoisotopic (exact) mass is 410 g/mol. The Morgan fingerprint density at radius 2 is 1.93 bits per heavy atom. The van der Waals surface area contributed by atoms with Crippen molar-refractivity contribution < 1.29 is 19.4 Å². The summed E-state index contributed by atoms with van der Waals surface area (Å²) < 4.78 is 4.94. The number of piperazine rings is 1. The van der Waals surface area contributed by atoms with E-state index in [0.29, 0.717) is 12.5 Å². The van der Waals surface area contributed by atoms with Gasteiger partial charge in [0.05, 0.1) is 25.2 Å². The molecule has 3 fully saturated rings. The Kier molecular flexibility index (Phi) is 6.40. The molecule has 2 saturated heterocycles. The molecule has 3 aliphatic rings. The predicted octanol–water partition coefficient (Wildman–Crippen LogP) is 1.76. The van der Waals surface area contributed by atoms with Gasteiger partial charge in [0.2, 0.25) is 11.8 Å². The number of hydrogen-bond acceptors (Lipinski definition) is 4. The van der Waals surface area contributed by atoms with Crippen molar-refractivity contribution in [2.24, 2.45) is 5.92 Å². The zero-order valence-electron chi connectivity index (χ0n) is 17.5. The number of fused-ring (bicyclic) bond motifs is 1. The third-order valence-electron chi connectivity index (χ3n) is 6.69. The minimum atomic E-state index is -0.235. The van der Waals surface area contributed by atoms with E-state index in [1.807, 2.05) is 12.1 Å². The van der Waals surface area contributed by atoms with E-state index in [0.717, 1.165) is 11.1 Å². The number of rotatable bonds is 4. The van der Waals surface area contributed by atoms with Gasteiger partial charge in [-0.1, -0.05) is 43.2 Å². The highest BCUT2D eigenvalue weighted by Crippen LogP contribution is 2.42. The van der Waals surface area contributed by atoms with Gasteiger partial charge in [-0.3, -0.25) is 9.59 Å². The number of benzene rings is 1. The second-order valence-corrected chi connectivity index (χ2v) is 8.58.